The first kappa shape index (κ1) is 11.2. The van der Waals surface area contributed by atoms with Crippen molar-refractivity contribution >= 4 is 8.07 Å². The summed E-state index contributed by atoms with van der Waals surface area (Å²) in [6.45, 7) is 5.09. The van der Waals surface area contributed by atoms with Gasteiger partial charge in [0.1, 0.15) is 0 Å². The summed E-state index contributed by atoms with van der Waals surface area (Å²) in [5.74, 6) is 0. The van der Waals surface area contributed by atoms with Gasteiger partial charge >= 0.3 is 105 Å². The van der Waals surface area contributed by atoms with E-state index in [-0.39, 0.29) is 0 Å². The topological polar surface area (TPSA) is 0 Å². The van der Waals surface area contributed by atoms with E-state index in [1.165, 1.54) is 12.8 Å². The molecule has 0 fully saturated rings. The second-order valence-corrected chi connectivity index (χ2v) is 21.5. The molecule has 16 heavy (non-hydrogen) atoms. The fraction of sp³-hybridized carbons (Fsp3) is 0.429. The van der Waals surface area contributed by atoms with Crippen molar-refractivity contribution in [2.75, 3.05) is 0 Å². The van der Waals surface area contributed by atoms with Crippen LogP contribution in [0.2, 0.25) is 22.4 Å². The van der Waals surface area contributed by atoms with Crippen LogP contribution in [0.3, 0.4) is 0 Å². The molecule has 0 aromatic heterocycles. The van der Waals surface area contributed by atoms with E-state index in [1.807, 2.05) is 6.56 Å². The first-order valence-corrected chi connectivity index (χ1v) is 16.6. The molecule has 0 atom stereocenters. The van der Waals surface area contributed by atoms with Crippen LogP contribution >= 0.6 is 0 Å². The molecular formula is C14H20SiZr. The van der Waals surface area contributed by atoms with E-state index in [1.54, 1.807) is 10.4 Å². The Hall–Kier alpha value is 0.0600. The zero-order valence-corrected chi connectivity index (χ0v) is 14.2. The van der Waals surface area contributed by atoms with Gasteiger partial charge < -0.3 is 0 Å². The van der Waals surface area contributed by atoms with Crippen LogP contribution < -0.4 is 0 Å². The van der Waals surface area contributed by atoms with Crippen LogP contribution in [0.4, 0.5) is 0 Å². The predicted octanol–water partition coefficient (Wildman–Crippen LogP) is 4.46. The Balaban J connectivity index is 2.26. The number of hydrogen-bond acceptors (Lipinski definition) is 0. The van der Waals surface area contributed by atoms with Gasteiger partial charge in [-0.15, -0.1) is 0 Å². The van der Waals surface area contributed by atoms with E-state index in [2.05, 4.69) is 46.7 Å². The minimum atomic E-state index is -2.08. The van der Waals surface area contributed by atoms with Crippen molar-refractivity contribution < 1.29 is 20.3 Å². The van der Waals surface area contributed by atoms with Crippen LogP contribution in [0, 0.1) is 0 Å². The molecule has 0 nitrogen and oxygen atoms in total. The number of rotatable bonds is 0. The van der Waals surface area contributed by atoms with Crippen molar-refractivity contribution in [1.29, 1.82) is 0 Å². The first-order valence-electron chi connectivity index (χ1n) is 6.27. The van der Waals surface area contributed by atoms with E-state index in [4.69, 9.17) is 0 Å². The second kappa shape index (κ2) is 3.29. The summed E-state index contributed by atoms with van der Waals surface area (Å²) in [5.41, 5.74) is 0. The third-order valence-corrected chi connectivity index (χ3v) is 19.3. The Morgan fingerprint density at radius 3 is 1.81 bits per heavy atom. The van der Waals surface area contributed by atoms with Crippen LogP contribution in [-0.2, 0) is 20.3 Å². The maximum absolute atomic E-state index is 2.63. The molecule has 0 aromatic carbocycles. The van der Waals surface area contributed by atoms with Crippen molar-refractivity contribution in [2.45, 2.75) is 35.2 Å². The summed E-state index contributed by atoms with van der Waals surface area (Å²) in [6.07, 6.45) is 12.3. The third-order valence-electron chi connectivity index (χ3n) is 4.72. The first-order chi connectivity index (χ1) is 7.45. The van der Waals surface area contributed by atoms with E-state index in [9.17, 15) is 0 Å². The molecule has 3 aliphatic rings. The molecular weight excluding hydrogens is 287 g/mol. The quantitative estimate of drug-likeness (QED) is 0.579. The molecule has 0 saturated carbocycles. The molecule has 84 valence electrons. The molecule has 0 radical (unpaired) electrons. The Bertz CT molecular complexity index is 445. The van der Waals surface area contributed by atoms with E-state index in [0.29, 0.717) is 0 Å². The average Bonchev–Trinajstić information content (AvgIpc) is 2.86. The zero-order chi connectivity index (χ0) is 11.6. The van der Waals surface area contributed by atoms with Crippen LogP contribution in [0.1, 0.15) is 12.8 Å². The van der Waals surface area contributed by atoms with Crippen LogP contribution in [0.25, 0.3) is 0 Å². The Morgan fingerprint density at radius 1 is 0.938 bits per heavy atom. The molecule has 0 amide bonds. The Labute approximate surface area is 104 Å². The third kappa shape index (κ3) is 1.24. The summed E-state index contributed by atoms with van der Waals surface area (Å²) in [7, 11) is -1.30. The second-order valence-electron chi connectivity index (χ2n) is 6.25. The standard InChI is InChI=1S/C12H14Si.2CH3.Zr/c1-13(2,11-7-3-4-8-11)12-9-5-6-10-12;;;/h3,5,7,9H,4,6H2,1-2H3;2*1H3;. The molecule has 2 heteroatoms. The van der Waals surface area contributed by atoms with Gasteiger partial charge in [-0.25, -0.2) is 0 Å². The summed E-state index contributed by atoms with van der Waals surface area (Å²) in [6, 6.07) is 0. The number of allylic oxidation sites excluding steroid dienone is 8. The molecule has 0 bridgehead atoms. The number of hydrogen-bond donors (Lipinski definition) is 0. The molecule has 0 aromatic rings. The fourth-order valence-corrected chi connectivity index (χ4v) is 22.8. The summed E-state index contributed by atoms with van der Waals surface area (Å²) in [5, 5.41) is 3.61. The average molecular weight is 308 g/mol. The van der Waals surface area contributed by atoms with Gasteiger partial charge in [0.15, 0.2) is 0 Å². The van der Waals surface area contributed by atoms with E-state index in [0.717, 1.165) is 0 Å². The van der Waals surface area contributed by atoms with Gasteiger partial charge in [0.25, 0.3) is 0 Å². The fourth-order valence-electron chi connectivity index (χ4n) is 3.69. The van der Waals surface area contributed by atoms with Crippen molar-refractivity contribution in [1.82, 2.24) is 0 Å². The van der Waals surface area contributed by atoms with Gasteiger partial charge in [-0.05, 0) is 0 Å². The minimum absolute atomic E-state index is 1.28. The molecule has 0 unspecified atom stereocenters. The van der Waals surface area contributed by atoms with Gasteiger partial charge in [-0.2, -0.15) is 0 Å². The van der Waals surface area contributed by atoms with Gasteiger partial charge in [-0.1, -0.05) is 0 Å². The van der Waals surface area contributed by atoms with Gasteiger partial charge in [0.05, 0.1) is 0 Å². The normalized spacial score (nSPS) is 28.8. The summed E-state index contributed by atoms with van der Waals surface area (Å²) in [4.78, 5) is 0. The van der Waals surface area contributed by atoms with Crippen LogP contribution in [-0.4, -0.2) is 8.07 Å². The molecule has 0 saturated heterocycles. The van der Waals surface area contributed by atoms with E-state index < -0.39 is 28.3 Å². The van der Waals surface area contributed by atoms with Crippen LogP contribution in [0.15, 0.2) is 41.3 Å². The molecule has 3 rings (SSSR count). The summed E-state index contributed by atoms with van der Waals surface area (Å²) < 4.78 is 9.10. The van der Waals surface area contributed by atoms with Crippen molar-refractivity contribution in [3.05, 3.63) is 41.3 Å². The predicted molar refractivity (Wildman–Crippen MR) is 70.8 cm³/mol. The molecule has 1 aliphatic heterocycles. The maximum atomic E-state index is 2.63. The van der Waals surface area contributed by atoms with Gasteiger partial charge in [0.2, 0.25) is 0 Å². The zero-order valence-electron chi connectivity index (χ0n) is 10.7. The molecule has 1 heterocycles. The molecule has 0 spiro atoms. The van der Waals surface area contributed by atoms with Gasteiger partial charge in [0, 0.05) is 0 Å². The monoisotopic (exact) mass is 306 g/mol. The van der Waals surface area contributed by atoms with Crippen LogP contribution in [0.5, 0.6) is 0 Å². The Kier molecular flexibility index (Phi) is 2.30. The van der Waals surface area contributed by atoms with Crippen molar-refractivity contribution in [3.63, 3.8) is 0 Å². The van der Waals surface area contributed by atoms with Crippen molar-refractivity contribution in [2.24, 2.45) is 0 Å². The molecule has 0 N–H and O–H groups in total. The summed E-state index contributed by atoms with van der Waals surface area (Å²) >= 11 is -2.08. The molecule has 2 aliphatic carbocycles. The SMILES string of the molecule is C[Si]1(C)C2=[C](CC=C2)[Zr]([CH3])([CH3])[C]2=C1C=CC2. The van der Waals surface area contributed by atoms with Gasteiger partial charge in [-0.3, -0.25) is 0 Å². The van der Waals surface area contributed by atoms with Crippen molar-refractivity contribution in [3.8, 4) is 0 Å². The Morgan fingerprint density at radius 2 is 1.38 bits per heavy atom. The van der Waals surface area contributed by atoms with E-state index >= 15 is 0 Å².